The fraction of sp³-hybridized carbons (Fsp3) is 0.333. The van der Waals surface area contributed by atoms with Gasteiger partial charge in [-0.05, 0) is 43.2 Å². The van der Waals surface area contributed by atoms with Crippen molar-refractivity contribution in [1.82, 2.24) is 14.9 Å². The number of aromatic nitrogens is 2. The van der Waals surface area contributed by atoms with E-state index in [1.54, 1.807) is 17.1 Å². The third-order valence-corrected chi connectivity index (χ3v) is 7.42. The standard InChI is InChI=1S/C21H23F2N5O2S2/c1-14-7-21(32(29,30)26-20-12-31-13-25-20)24-9-19(14)27(2)17-5-6-28(11-17)10-15-8-16(22)3-4-18(15)23/h3-4,7-9,12-13,17,26H,5-6,10-11H2,1-2H3. The zero-order valence-corrected chi connectivity index (χ0v) is 19.3. The van der Waals surface area contributed by atoms with Crippen molar-refractivity contribution in [2.24, 2.45) is 0 Å². The maximum absolute atomic E-state index is 14.0. The van der Waals surface area contributed by atoms with Crippen LogP contribution < -0.4 is 9.62 Å². The van der Waals surface area contributed by atoms with E-state index >= 15 is 0 Å². The Balaban J connectivity index is 1.44. The number of thiazole rings is 1. The molecular weight excluding hydrogens is 456 g/mol. The van der Waals surface area contributed by atoms with Gasteiger partial charge in [-0.25, -0.2) is 18.7 Å². The zero-order valence-electron chi connectivity index (χ0n) is 17.6. The number of halogens is 2. The number of nitrogens with zero attached hydrogens (tertiary/aromatic N) is 4. The summed E-state index contributed by atoms with van der Waals surface area (Å²) in [6.07, 6.45) is 2.40. The van der Waals surface area contributed by atoms with Gasteiger partial charge in [0.2, 0.25) is 0 Å². The SMILES string of the molecule is Cc1cc(S(=O)(=O)Nc2cscn2)ncc1N(C)C1CCN(Cc2cc(F)ccc2F)C1. The van der Waals surface area contributed by atoms with E-state index in [0.29, 0.717) is 18.7 Å². The number of nitrogens with one attached hydrogen (secondary N) is 1. The van der Waals surface area contributed by atoms with Crippen molar-refractivity contribution in [3.63, 3.8) is 0 Å². The average molecular weight is 480 g/mol. The highest BCUT2D eigenvalue weighted by Gasteiger charge is 2.28. The number of aryl methyl sites for hydroxylation is 1. The van der Waals surface area contributed by atoms with E-state index in [9.17, 15) is 17.2 Å². The molecule has 170 valence electrons. The molecule has 2 aromatic heterocycles. The minimum Gasteiger partial charge on any atom is -0.369 e. The smallest absolute Gasteiger partial charge is 0.280 e. The van der Waals surface area contributed by atoms with Crippen LogP contribution in [0.2, 0.25) is 0 Å². The van der Waals surface area contributed by atoms with Crippen molar-refractivity contribution in [2.45, 2.75) is 31.0 Å². The predicted octanol–water partition coefficient (Wildman–Crippen LogP) is 3.64. The molecule has 1 unspecified atom stereocenters. The molecule has 11 heteroatoms. The summed E-state index contributed by atoms with van der Waals surface area (Å²) in [4.78, 5) is 12.3. The minimum absolute atomic E-state index is 0.0743. The maximum Gasteiger partial charge on any atom is 0.280 e. The predicted molar refractivity (Wildman–Crippen MR) is 120 cm³/mol. The van der Waals surface area contributed by atoms with Gasteiger partial charge in [0.25, 0.3) is 10.0 Å². The normalized spacial score (nSPS) is 16.9. The van der Waals surface area contributed by atoms with Crippen LogP contribution in [0.15, 0.2) is 46.4 Å². The van der Waals surface area contributed by atoms with Gasteiger partial charge in [0, 0.05) is 43.7 Å². The largest absolute Gasteiger partial charge is 0.369 e. The van der Waals surface area contributed by atoms with Gasteiger partial charge in [0.1, 0.15) is 11.6 Å². The maximum atomic E-state index is 14.0. The number of hydrogen-bond donors (Lipinski definition) is 1. The van der Waals surface area contributed by atoms with Crippen molar-refractivity contribution in [2.75, 3.05) is 29.8 Å². The lowest BCUT2D eigenvalue weighted by Crippen LogP contribution is -2.35. The van der Waals surface area contributed by atoms with Crippen LogP contribution in [0, 0.1) is 18.6 Å². The van der Waals surface area contributed by atoms with Gasteiger partial charge in [-0.15, -0.1) is 11.3 Å². The number of sulfonamides is 1. The molecule has 1 aromatic carbocycles. The average Bonchev–Trinajstić information content (AvgIpc) is 3.42. The summed E-state index contributed by atoms with van der Waals surface area (Å²) in [6.45, 7) is 3.60. The van der Waals surface area contributed by atoms with E-state index in [-0.39, 0.29) is 16.9 Å². The van der Waals surface area contributed by atoms with Gasteiger partial charge in [0.15, 0.2) is 10.8 Å². The lowest BCUT2D eigenvalue weighted by molar-refractivity contribution is 0.319. The van der Waals surface area contributed by atoms with Crippen molar-refractivity contribution >= 4 is 32.9 Å². The van der Waals surface area contributed by atoms with Crippen LogP contribution >= 0.6 is 11.3 Å². The van der Waals surface area contributed by atoms with E-state index in [2.05, 4.69) is 24.5 Å². The molecule has 0 aliphatic carbocycles. The van der Waals surface area contributed by atoms with Gasteiger partial charge in [-0.2, -0.15) is 8.42 Å². The first-order valence-electron chi connectivity index (χ1n) is 10.00. The topological polar surface area (TPSA) is 78.4 Å². The second-order valence-electron chi connectivity index (χ2n) is 7.81. The van der Waals surface area contributed by atoms with Crippen LogP contribution in [0.4, 0.5) is 20.3 Å². The highest BCUT2D eigenvalue weighted by atomic mass is 32.2. The minimum atomic E-state index is -3.83. The Hall–Kier alpha value is -2.63. The highest BCUT2D eigenvalue weighted by molar-refractivity contribution is 7.92. The molecule has 1 saturated heterocycles. The fourth-order valence-corrected chi connectivity index (χ4v) is 5.44. The molecule has 1 N–H and O–H groups in total. The lowest BCUT2D eigenvalue weighted by Gasteiger charge is -2.28. The number of pyridine rings is 1. The number of benzene rings is 1. The van der Waals surface area contributed by atoms with E-state index in [4.69, 9.17) is 0 Å². The Morgan fingerprint density at radius 2 is 2.09 bits per heavy atom. The highest BCUT2D eigenvalue weighted by Crippen LogP contribution is 2.27. The van der Waals surface area contributed by atoms with Gasteiger partial charge in [0.05, 0.1) is 17.4 Å². The summed E-state index contributed by atoms with van der Waals surface area (Å²) in [7, 11) is -1.89. The van der Waals surface area contributed by atoms with Crippen molar-refractivity contribution < 1.29 is 17.2 Å². The molecule has 3 aromatic rings. The molecule has 0 radical (unpaired) electrons. The van der Waals surface area contributed by atoms with Gasteiger partial charge in [-0.3, -0.25) is 9.62 Å². The third-order valence-electron chi connectivity index (χ3n) is 5.58. The van der Waals surface area contributed by atoms with Crippen molar-refractivity contribution in [1.29, 1.82) is 0 Å². The summed E-state index contributed by atoms with van der Waals surface area (Å²) in [5.41, 5.74) is 3.48. The van der Waals surface area contributed by atoms with Crippen LogP contribution in [0.3, 0.4) is 0 Å². The monoisotopic (exact) mass is 479 g/mol. The van der Waals surface area contributed by atoms with E-state index in [0.717, 1.165) is 36.3 Å². The van der Waals surface area contributed by atoms with E-state index in [1.165, 1.54) is 23.5 Å². The molecule has 3 heterocycles. The Bertz CT molecular complexity index is 1200. The Labute approximate surface area is 189 Å². The van der Waals surface area contributed by atoms with Gasteiger partial charge < -0.3 is 4.90 Å². The molecule has 0 saturated carbocycles. The second-order valence-corrected chi connectivity index (χ2v) is 10.2. The van der Waals surface area contributed by atoms with Crippen molar-refractivity contribution in [3.05, 3.63) is 64.1 Å². The Morgan fingerprint density at radius 1 is 1.28 bits per heavy atom. The molecule has 0 spiro atoms. The summed E-state index contributed by atoms with van der Waals surface area (Å²) >= 11 is 1.29. The number of anilines is 2. The number of hydrogen-bond acceptors (Lipinski definition) is 7. The summed E-state index contributed by atoms with van der Waals surface area (Å²) in [6, 6.07) is 5.18. The molecule has 1 aliphatic rings. The first-order chi connectivity index (χ1) is 15.2. The second kappa shape index (κ2) is 9.08. The van der Waals surface area contributed by atoms with Crippen LogP contribution in [0.1, 0.15) is 17.5 Å². The van der Waals surface area contributed by atoms with Crippen LogP contribution in [-0.4, -0.2) is 49.5 Å². The fourth-order valence-electron chi connectivity index (χ4n) is 3.87. The molecule has 32 heavy (non-hydrogen) atoms. The zero-order chi connectivity index (χ0) is 22.9. The van der Waals surface area contributed by atoms with Gasteiger partial charge in [-0.1, -0.05) is 0 Å². The first kappa shape index (κ1) is 22.6. The molecule has 7 nitrogen and oxygen atoms in total. The van der Waals surface area contributed by atoms with E-state index in [1.807, 2.05) is 14.0 Å². The lowest BCUT2D eigenvalue weighted by atomic mass is 10.1. The molecule has 1 aliphatic heterocycles. The molecular formula is C21H23F2N5O2S2. The molecule has 1 fully saturated rings. The van der Waals surface area contributed by atoms with Crippen LogP contribution in [-0.2, 0) is 16.6 Å². The van der Waals surface area contributed by atoms with Gasteiger partial charge >= 0.3 is 0 Å². The van der Waals surface area contributed by atoms with E-state index < -0.39 is 21.7 Å². The Kier molecular flexibility index (Phi) is 6.40. The van der Waals surface area contributed by atoms with Crippen LogP contribution in [0.5, 0.6) is 0 Å². The molecule has 0 amide bonds. The number of likely N-dealkylation sites (N-methyl/N-ethyl adjacent to an activating group) is 1. The van der Waals surface area contributed by atoms with Crippen molar-refractivity contribution in [3.8, 4) is 0 Å². The van der Waals surface area contributed by atoms with Crippen LogP contribution in [0.25, 0.3) is 0 Å². The quantitative estimate of drug-likeness (QED) is 0.558. The molecule has 0 bridgehead atoms. The number of rotatable bonds is 7. The summed E-state index contributed by atoms with van der Waals surface area (Å²) < 4.78 is 55.0. The molecule has 4 rings (SSSR count). The summed E-state index contributed by atoms with van der Waals surface area (Å²) in [5.74, 6) is -0.599. The first-order valence-corrected chi connectivity index (χ1v) is 12.4. The number of likely N-dealkylation sites (tertiary alicyclic amines) is 1. The third kappa shape index (κ3) is 4.89. The summed E-state index contributed by atoms with van der Waals surface area (Å²) in [5, 5.41) is 1.53. The Morgan fingerprint density at radius 3 is 2.81 bits per heavy atom. The molecule has 1 atom stereocenters.